The summed E-state index contributed by atoms with van der Waals surface area (Å²) < 4.78 is 0. The molecule has 136 valence electrons. The number of carbonyl (C=O) groups excluding carboxylic acids is 2. The zero-order valence-corrected chi connectivity index (χ0v) is 15.1. The highest BCUT2D eigenvalue weighted by Gasteiger charge is 2.31. The predicted molar refractivity (Wildman–Crippen MR) is 102 cm³/mol. The second kappa shape index (κ2) is 9.18. The molecule has 0 aromatic heterocycles. The van der Waals surface area contributed by atoms with Crippen LogP contribution in [0.2, 0.25) is 0 Å². The van der Waals surface area contributed by atoms with Crippen LogP contribution in [0.25, 0.3) is 0 Å². The molecule has 0 spiro atoms. The summed E-state index contributed by atoms with van der Waals surface area (Å²) >= 11 is 0. The van der Waals surface area contributed by atoms with E-state index >= 15 is 0 Å². The zero-order chi connectivity index (χ0) is 18.2. The van der Waals surface area contributed by atoms with Crippen LogP contribution in [0.5, 0.6) is 0 Å². The van der Waals surface area contributed by atoms with E-state index in [2.05, 4.69) is 17.4 Å². The number of carbonyl (C=O) groups is 2. The predicted octanol–water partition coefficient (Wildman–Crippen LogP) is 3.32. The van der Waals surface area contributed by atoms with Gasteiger partial charge in [0.1, 0.15) is 6.04 Å². The van der Waals surface area contributed by atoms with Crippen molar-refractivity contribution in [2.75, 3.05) is 6.54 Å². The molecule has 1 N–H and O–H groups in total. The van der Waals surface area contributed by atoms with Gasteiger partial charge in [0.25, 0.3) is 0 Å². The van der Waals surface area contributed by atoms with E-state index in [1.54, 1.807) is 4.90 Å². The van der Waals surface area contributed by atoms with Gasteiger partial charge < -0.3 is 10.2 Å². The molecule has 1 heterocycles. The molecule has 0 bridgehead atoms. The molecule has 2 amide bonds. The lowest BCUT2D eigenvalue weighted by molar-refractivity contribution is -0.140. The van der Waals surface area contributed by atoms with Gasteiger partial charge in [0.15, 0.2) is 0 Å². The minimum atomic E-state index is -0.374. The van der Waals surface area contributed by atoms with Crippen LogP contribution in [0.4, 0.5) is 0 Å². The van der Waals surface area contributed by atoms with Crippen LogP contribution in [-0.2, 0) is 22.6 Å². The first-order valence-electron chi connectivity index (χ1n) is 9.39. The molecule has 2 aromatic rings. The molecular formula is C22H26N2O2. The average molecular weight is 350 g/mol. The van der Waals surface area contributed by atoms with Crippen molar-refractivity contribution < 1.29 is 9.59 Å². The maximum atomic E-state index is 12.8. The number of hydrogen-bond donors (Lipinski definition) is 1. The fourth-order valence-electron chi connectivity index (χ4n) is 3.43. The highest BCUT2D eigenvalue weighted by Crippen LogP contribution is 2.20. The molecule has 0 saturated carbocycles. The lowest BCUT2D eigenvalue weighted by Crippen LogP contribution is -2.48. The first-order valence-corrected chi connectivity index (χ1v) is 9.39. The summed E-state index contributed by atoms with van der Waals surface area (Å²) in [7, 11) is 0. The van der Waals surface area contributed by atoms with Crippen molar-refractivity contribution in [3.8, 4) is 0 Å². The van der Waals surface area contributed by atoms with E-state index in [-0.39, 0.29) is 17.9 Å². The highest BCUT2D eigenvalue weighted by atomic mass is 16.2. The second-order valence-electron chi connectivity index (χ2n) is 6.80. The maximum absolute atomic E-state index is 12.8. The van der Waals surface area contributed by atoms with E-state index in [1.807, 2.05) is 48.5 Å². The number of nitrogens with one attached hydrogen (secondary N) is 1. The molecule has 1 unspecified atom stereocenters. The van der Waals surface area contributed by atoms with Crippen molar-refractivity contribution in [1.82, 2.24) is 10.2 Å². The fourth-order valence-corrected chi connectivity index (χ4v) is 3.43. The third kappa shape index (κ3) is 4.94. The Morgan fingerprint density at radius 1 is 0.962 bits per heavy atom. The SMILES string of the molecule is O=C(NCCc1ccccc1)C1CCCCC(=O)N1Cc1ccccc1. The number of amides is 2. The average Bonchev–Trinajstić information content (AvgIpc) is 2.85. The first kappa shape index (κ1) is 18.2. The van der Waals surface area contributed by atoms with Crippen LogP contribution in [0, 0.1) is 0 Å². The first-order chi connectivity index (χ1) is 12.7. The zero-order valence-electron chi connectivity index (χ0n) is 15.1. The Hall–Kier alpha value is -2.62. The van der Waals surface area contributed by atoms with Gasteiger partial charge in [-0.25, -0.2) is 0 Å². The van der Waals surface area contributed by atoms with Crippen LogP contribution >= 0.6 is 0 Å². The van der Waals surface area contributed by atoms with Gasteiger partial charge in [0.2, 0.25) is 11.8 Å². The van der Waals surface area contributed by atoms with Gasteiger partial charge in [0, 0.05) is 19.5 Å². The van der Waals surface area contributed by atoms with Gasteiger partial charge >= 0.3 is 0 Å². The Morgan fingerprint density at radius 3 is 2.31 bits per heavy atom. The molecule has 1 aliphatic heterocycles. The molecule has 4 nitrogen and oxygen atoms in total. The van der Waals surface area contributed by atoms with E-state index in [0.717, 1.165) is 31.2 Å². The summed E-state index contributed by atoms with van der Waals surface area (Å²) in [4.78, 5) is 27.1. The van der Waals surface area contributed by atoms with Crippen LogP contribution in [0.15, 0.2) is 60.7 Å². The summed E-state index contributed by atoms with van der Waals surface area (Å²) in [5.74, 6) is 0.0432. The number of hydrogen-bond acceptors (Lipinski definition) is 2. The molecular weight excluding hydrogens is 324 g/mol. The molecule has 0 radical (unpaired) electrons. The highest BCUT2D eigenvalue weighted by molar-refractivity contribution is 5.88. The number of likely N-dealkylation sites (tertiary alicyclic amines) is 1. The lowest BCUT2D eigenvalue weighted by Gasteiger charge is -2.29. The van der Waals surface area contributed by atoms with Crippen molar-refractivity contribution in [3.05, 3.63) is 71.8 Å². The minimum absolute atomic E-state index is 0.0351. The molecule has 2 aromatic carbocycles. The molecule has 1 aliphatic rings. The fraction of sp³-hybridized carbons (Fsp3) is 0.364. The molecule has 3 rings (SSSR count). The van der Waals surface area contributed by atoms with E-state index in [4.69, 9.17) is 0 Å². The number of rotatable bonds is 6. The summed E-state index contributed by atoms with van der Waals surface area (Å²) in [5, 5.41) is 3.03. The number of nitrogens with zero attached hydrogens (tertiary/aromatic N) is 1. The monoisotopic (exact) mass is 350 g/mol. The van der Waals surface area contributed by atoms with Crippen LogP contribution in [-0.4, -0.2) is 29.3 Å². The Kier molecular flexibility index (Phi) is 6.42. The molecule has 1 saturated heterocycles. The Balaban J connectivity index is 1.63. The van der Waals surface area contributed by atoms with Crippen molar-refractivity contribution in [2.24, 2.45) is 0 Å². The summed E-state index contributed by atoms with van der Waals surface area (Å²) in [6.07, 6.45) is 3.83. The van der Waals surface area contributed by atoms with Crippen molar-refractivity contribution in [1.29, 1.82) is 0 Å². The smallest absolute Gasteiger partial charge is 0.242 e. The number of benzene rings is 2. The summed E-state index contributed by atoms with van der Waals surface area (Å²) in [5.41, 5.74) is 2.26. The van der Waals surface area contributed by atoms with Crippen molar-refractivity contribution in [2.45, 2.75) is 44.7 Å². The van der Waals surface area contributed by atoms with Crippen molar-refractivity contribution >= 4 is 11.8 Å². The van der Waals surface area contributed by atoms with Crippen molar-refractivity contribution in [3.63, 3.8) is 0 Å². The van der Waals surface area contributed by atoms with Gasteiger partial charge in [-0.05, 0) is 30.4 Å². The van der Waals surface area contributed by atoms with E-state index < -0.39 is 0 Å². The summed E-state index contributed by atoms with van der Waals surface area (Å²) in [6.45, 7) is 1.09. The summed E-state index contributed by atoms with van der Waals surface area (Å²) in [6, 6.07) is 19.6. The Morgan fingerprint density at radius 2 is 1.62 bits per heavy atom. The molecule has 0 aliphatic carbocycles. The third-order valence-corrected chi connectivity index (χ3v) is 4.87. The van der Waals surface area contributed by atoms with Gasteiger partial charge in [0.05, 0.1) is 0 Å². The molecule has 1 atom stereocenters. The molecule has 26 heavy (non-hydrogen) atoms. The topological polar surface area (TPSA) is 49.4 Å². The second-order valence-corrected chi connectivity index (χ2v) is 6.80. The molecule has 1 fully saturated rings. The lowest BCUT2D eigenvalue weighted by atomic mass is 10.1. The minimum Gasteiger partial charge on any atom is -0.354 e. The van der Waals surface area contributed by atoms with E-state index in [1.165, 1.54) is 5.56 Å². The molecule has 4 heteroatoms. The third-order valence-electron chi connectivity index (χ3n) is 4.87. The largest absolute Gasteiger partial charge is 0.354 e. The van der Waals surface area contributed by atoms with E-state index in [0.29, 0.717) is 19.5 Å². The van der Waals surface area contributed by atoms with Crippen LogP contribution in [0.3, 0.4) is 0 Å². The van der Waals surface area contributed by atoms with E-state index in [9.17, 15) is 9.59 Å². The maximum Gasteiger partial charge on any atom is 0.242 e. The Labute approximate surface area is 155 Å². The van der Waals surface area contributed by atoms with Crippen LogP contribution < -0.4 is 5.32 Å². The standard InChI is InChI=1S/C22H26N2O2/c25-21-14-8-7-13-20(24(21)17-19-11-5-2-6-12-19)22(26)23-16-15-18-9-3-1-4-10-18/h1-6,9-12,20H,7-8,13-17H2,(H,23,26). The van der Waals surface area contributed by atoms with Gasteiger partial charge in [-0.15, -0.1) is 0 Å². The quantitative estimate of drug-likeness (QED) is 0.869. The van der Waals surface area contributed by atoms with Gasteiger partial charge in [-0.2, -0.15) is 0 Å². The van der Waals surface area contributed by atoms with Crippen LogP contribution in [0.1, 0.15) is 36.8 Å². The normalized spacial score (nSPS) is 17.6. The van der Waals surface area contributed by atoms with Gasteiger partial charge in [-0.1, -0.05) is 67.1 Å². The van der Waals surface area contributed by atoms with Gasteiger partial charge in [-0.3, -0.25) is 9.59 Å². The Bertz CT molecular complexity index is 715.